The Morgan fingerprint density at radius 1 is 1.38 bits per heavy atom. The summed E-state index contributed by atoms with van der Waals surface area (Å²) in [5, 5.41) is 8.92. The second-order valence-corrected chi connectivity index (χ2v) is 2.96. The van der Waals surface area contributed by atoms with Gasteiger partial charge in [0.1, 0.15) is 0 Å². The second kappa shape index (κ2) is 5.16. The van der Waals surface area contributed by atoms with E-state index < -0.39 is 0 Å². The van der Waals surface area contributed by atoms with Gasteiger partial charge in [-0.25, -0.2) is 0 Å². The molecule has 0 aromatic heterocycles. The van der Waals surface area contributed by atoms with E-state index >= 15 is 0 Å². The van der Waals surface area contributed by atoms with Crippen molar-refractivity contribution < 1.29 is 0 Å². The monoisotopic (exact) mass is 171 g/mol. The van der Waals surface area contributed by atoms with Crippen molar-refractivity contribution in [2.24, 2.45) is 0 Å². The normalized spacial score (nSPS) is 11.6. The molecule has 1 nitrogen and oxygen atoms in total. The van der Waals surface area contributed by atoms with Gasteiger partial charge in [0.15, 0.2) is 0 Å². The minimum absolute atomic E-state index is 0.0131. The van der Waals surface area contributed by atoms with Crippen LogP contribution in [0.3, 0.4) is 0 Å². The van der Waals surface area contributed by atoms with Crippen molar-refractivity contribution in [1.29, 1.82) is 5.26 Å². The molecule has 1 rings (SSSR count). The summed E-state index contributed by atoms with van der Waals surface area (Å²) in [4.78, 5) is 0. The molecule has 0 aliphatic carbocycles. The van der Waals surface area contributed by atoms with Crippen molar-refractivity contribution in [3.05, 3.63) is 48.6 Å². The third-order valence-electron chi connectivity index (χ3n) is 2.02. The quantitative estimate of drug-likeness (QED) is 0.638. The van der Waals surface area contributed by atoms with Crippen LogP contribution in [0.15, 0.2) is 43.0 Å². The molecule has 66 valence electrons. The average molecular weight is 171 g/mol. The summed E-state index contributed by atoms with van der Waals surface area (Å²) < 4.78 is 0. The van der Waals surface area contributed by atoms with Crippen molar-refractivity contribution in [3.8, 4) is 6.07 Å². The molecular formula is C12H13N. The first-order chi connectivity index (χ1) is 6.38. The molecule has 0 saturated carbocycles. The van der Waals surface area contributed by atoms with Gasteiger partial charge in [-0.1, -0.05) is 36.4 Å². The summed E-state index contributed by atoms with van der Waals surface area (Å²) in [6, 6.07) is 12.2. The van der Waals surface area contributed by atoms with E-state index in [-0.39, 0.29) is 5.92 Å². The topological polar surface area (TPSA) is 23.8 Å². The highest BCUT2D eigenvalue weighted by atomic mass is 14.3. The predicted molar refractivity (Wildman–Crippen MR) is 54.2 cm³/mol. The number of hydrogen-bond acceptors (Lipinski definition) is 1. The fourth-order valence-corrected chi connectivity index (χ4v) is 1.28. The van der Waals surface area contributed by atoms with E-state index in [1.165, 1.54) is 0 Å². The average Bonchev–Trinajstić information content (AvgIpc) is 2.21. The number of benzene rings is 1. The third-order valence-corrected chi connectivity index (χ3v) is 2.02. The van der Waals surface area contributed by atoms with E-state index in [9.17, 15) is 0 Å². The van der Waals surface area contributed by atoms with Crippen LogP contribution in [0.4, 0.5) is 0 Å². The van der Waals surface area contributed by atoms with Gasteiger partial charge in [-0.15, -0.1) is 6.58 Å². The lowest BCUT2D eigenvalue weighted by Gasteiger charge is -2.06. The molecule has 0 aliphatic rings. The maximum absolute atomic E-state index is 8.92. The summed E-state index contributed by atoms with van der Waals surface area (Å²) in [6.07, 6.45) is 3.62. The highest BCUT2D eigenvalue weighted by Gasteiger charge is 2.07. The van der Waals surface area contributed by atoms with Gasteiger partial charge in [0.05, 0.1) is 12.0 Å². The first kappa shape index (κ1) is 9.54. The van der Waals surface area contributed by atoms with Crippen LogP contribution in [0, 0.1) is 11.3 Å². The molecule has 1 aromatic carbocycles. The maximum atomic E-state index is 8.92. The van der Waals surface area contributed by atoms with Crippen LogP contribution < -0.4 is 0 Å². The zero-order valence-corrected chi connectivity index (χ0v) is 7.61. The fraction of sp³-hybridized carbons (Fsp3) is 0.250. The molecule has 1 aromatic rings. The molecule has 0 heterocycles. The first-order valence-corrected chi connectivity index (χ1v) is 4.44. The highest BCUT2D eigenvalue weighted by molar-refractivity contribution is 5.24. The minimum atomic E-state index is 0.0131. The number of nitriles is 1. The van der Waals surface area contributed by atoms with E-state index in [1.807, 2.05) is 36.4 Å². The Labute approximate surface area is 79.3 Å². The Bertz CT molecular complexity index is 295. The van der Waals surface area contributed by atoms with Gasteiger partial charge in [0, 0.05) is 0 Å². The molecule has 0 aliphatic heterocycles. The van der Waals surface area contributed by atoms with Crippen LogP contribution in [-0.4, -0.2) is 0 Å². The molecule has 0 fully saturated rings. The van der Waals surface area contributed by atoms with Gasteiger partial charge >= 0.3 is 0 Å². The Kier molecular flexibility index (Phi) is 3.78. The van der Waals surface area contributed by atoms with E-state index in [0.29, 0.717) is 0 Å². The fourth-order valence-electron chi connectivity index (χ4n) is 1.28. The SMILES string of the molecule is C=CCCC(C#N)c1ccccc1. The maximum Gasteiger partial charge on any atom is 0.0715 e. The van der Waals surface area contributed by atoms with Crippen molar-refractivity contribution in [3.63, 3.8) is 0 Å². The van der Waals surface area contributed by atoms with Crippen LogP contribution in [0.5, 0.6) is 0 Å². The predicted octanol–water partition coefficient (Wildman–Crippen LogP) is 3.26. The lowest BCUT2D eigenvalue weighted by atomic mass is 9.96. The Hall–Kier alpha value is -1.55. The number of rotatable bonds is 4. The van der Waals surface area contributed by atoms with Crippen LogP contribution in [0.2, 0.25) is 0 Å². The van der Waals surface area contributed by atoms with E-state index in [2.05, 4.69) is 12.6 Å². The summed E-state index contributed by atoms with van der Waals surface area (Å²) >= 11 is 0. The lowest BCUT2D eigenvalue weighted by molar-refractivity contribution is 0.762. The van der Waals surface area contributed by atoms with Crippen molar-refractivity contribution >= 4 is 0 Å². The first-order valence-electron chi connectivity index (χ1n) is 4.44. The second-order valence-electron chi connectivity index (χ2n) is 2.96. The number of allylic oxidation sites excluding steroid dienone is 1. The smallest absolute Gasteiger partial charge is 0.0715 e. The van der Waals surface area contributed by atoms with Crippen LogP contribution in [0.1, 0.15) is 24.3 Å². The van der Waals surface area contributed by atoms with Crippen molar-refractivity contribution in [2.75, 3.05) is 0 Å². The zero-order chi connectivity index (χ0) is 9.52. The molecule has 13 heavy (non-hydrogen) atoms. The standard InChI is InChI=1S/C12H13N/c1-2-3-7-12(10-13)11-8-5-4-6-9-11/h2,4-6,8-9,12H,1,3,7H2. The minimum Gasteiger partial charge on any atom is -0.198 e. The van der Waals surface area contributed by atoms with Crippen LogP contribution >= 0.6 is 0 Å². The summed E-state index contributed by atoms with van der Waals surface area (Å²) in [5.74, 6) is 0.0131. The number of hydrogen-bond donors (Lipinski definition) is 0. The van der Waals surface area contributed by atoms with Gasteiger partial charge in [0.25, 0.3) is 0 Å². The third kappa shape index (κ3) is 2.76. The Morgan fingerprint density at radius 3 is 2.62 bits per heavy atom. The highest BCUT2D eigenvalue weighted by Crippen LogP contribution is 2.19. The molecular weight excluding hydrogens is 158 g/mol. The molecule has 0 bridgehead atoms. The molecule has 1 unspecified atom stereocenters. The van der Waals surface area contributed by atoms with Gasteiger partial charge in [-0.05, 0) is 18.4 Å². The van der Waals surface area contributed by atoms with E-state index in [1.54, 1.807) is 0 Å². The largest absolute Gasteiger partial charge is 0.198 e. The summed E-state index contributed by atoms with van der Waals surface area (Å²) in [6.45, 7) is 3.65. The van der Waals surface area contributed by atoms with Gasteiger partial charge in [0.2, 0.25) is 0 Å². The van der Waals surface area contributed by atoms with Gasteiger partial charge in [-0.3, -0.25) is 0 Å². The van der Waals surface area contributed by atoms with E-state index in [4.69, 9.17) is 5.26 Å². The van der Waals surface area contributed by atoms with Crippen molar-refractivity contribution in [1.82, 2.24) is 0 Å². The molecule has 1 heteroatoms. The Balaban J connectivity index is 2.68. The molecule has 0 N–H and O–H groups in total. The Morgan fingerprint density at radius 2 is 2.08 bits per heavy atom. The summed E-state index contributed by atoms with van der Waals surface area (Å²) in [7, 11) is 0. The number of nitrogens with zero attached hydrogens (tertiary/aromatic N) is 1. The summed E-state index contributed by atoms with van der Waals surface area (Å²) in [5.41, 5.74) is 1.10. The zero-order valence-electron chi connectivity index (χ0n) is 7.61. The van der Waals surface area contributed by atoms with Crippen LogP contribution in [-0.2, 0) is 0 Å². The molecule has 0 saturated heterocycles. The van der Waals surface area contributed by atoms with Crippen LogP contribution in [0.25, 0.3) is 0 Å². The lowest BCUT2D eigenvalue weighted by Crippen LogP contribution is -1.94. The molecule has 1 atom stereocenters. The van der Waals surface area contributed by atoms with Crippen molar-refractivity contribution in [2.45, 2.75) is 18.8 Å². The molecule has 0 spiro atoms. The molecule has 0 amide bonds. The van der Waals surface area contributed by atoms with E-state index in [0.717, 1.165) is 18.4 Å². The molecule has 0 radical (unpaired) electrons. The van der Waals surface area contributed by atoms with Gasteiger partial charge in [-0.2, -0.15) is 5.26 Å². The van der Waals surface area contributed by atoms with Gasteiger partial charge < -0.3 is 0 Å².